The quantitative estimate of drug-likeness (QED) is 0.342. The van der Waals surface area contributed by atoms with Crippen molar-refractivity contribution in [3.8, 4) is 17.7 Å². The number of benzene rings is 1. The molecule has 0 saturated carbocycles. The molecule has 0 aliphatic carbocycles. The van der Waals surface area contributed by atoms with Crippen LogP contribution in [-0.2, 0) is 11.3 Å². The van der Waals surface area contributed by atoms with Gasteiger partial charge in [-0.15, -0.1) is 0 Å². The number of hydrogen-bond acceptors (Lipinski definition) is 8. The Morgan fingerprint density at radius 1 is 1.30 bits per heavy atom. The van der Waals surface area contributed by atoms with Crippen molar-refractivity contribution >= 4 is 23.6 Å². The van der Waals surface area contributed by atoms with E-state index < -0.39 is 5.82 Å². The third-order valence-corrected chi connectivity index (χ3v) is 3.98. The van der Waals surface area contributed by atoms with E-state index in [1.54, 1.807) is 43.7 Å². The van der Waals surface area contributed by atoms with E-state index >= 15 is 0 Å². The summed E-state index contributed by atoms with van der Waals surface area (Å²) >= 11 is 5.65. The molecule has 0 amide bonds. The smallest absolute Gasteiger partial charge is 0.260 e. The second kappa shape index (κ2) is 9.73. The summed E-state index contributed by atoms with van der Waals surface area (Å²) in [6.07, 6.45) is 2.48. The summed E-state index contributed by atoms with van der Waals surface area (Å²) in [5.74, 6) is -0.275. The molecule has 0 aliphatic rings. The molecule has 3 rings (SSSR count). The van der Waals surface area contributed by atoms with Gasteiger partial charge in [-0.2, -0.15) is 19.7 Å². The zero-order chi connectivity index (χ0) is 21.5. The Kier molecular flexibility index (Phi) is 6.85. The van der Waals surface area contributed by atoms with Crippen LogP contribution in [0.4, 0.5) is 10.2 Å². The zero-order valence-corrected chi connectivity index (χ0v) is 16.8. The van der Waals surface area contributed by atoms with Crippen LogP contribution in [0.3, 0.4) is 0 Å². The number of aromatic nitrogens is 3. The SMILES string of the molecule is COCc1cc(C)nc(NN=Cc2ccc(Oc3nc(Cl)ncc3F)cc2)c1C#N. The second-order valence-electron chi connectivity index (χ2n) is 6.02. The molecule has 0 fully saturated rings. The van der Waals surface area contributed by atoms with Crippen LogP contribution in [0.2, 0.25) is 5.28 Å². The van der Waals surface area contributed by atoms with Gasteiger partial charge in [-0.05, 0) is 54.4 Å². The van der Waals surface area contributed by atoms with Crippen LogP contribution in [-0.4, -0.2) is 28.3 Å². The Hall–Kier alpha value is -3.61. The molecule has 0 unspecified atom stereocenters. The van der Waals surface area contributed by atoms with E-state index in [1.165, 1.54) is 0 Å². The molecule has 1 N–H and O–H groups in total. The number of hydrazone groups is 1. The number of nitrogens with one attached hydrogen (secondary N) is 1. The normalized spacial score (nSPS) is 10.8. The monoisotopic (exact) mass is 426 g/mol. The lowest BCUT2D eigenvalue weighted by molar-refractivity contribution is 0.184. The highest BCUT2D eigenvalue weighted by Gasteiger charge is 2.11. The van der Waals surface area contributed by atoms with Gasteiger partial charge >= 0.3 is 0 Å². The van der Waals surface area contributed by atoms with Crippen LogP contribution in [0, 0.1) is 24.1 Å². The van der Waals surface area contributed by atoms with Gasteiger partial charge in [0, 0.05) is 18.4 Å². The number of pyridine rings is 1. The fourth-order valence-electron chi connectivity index (χ4n) is 2.52. The average molecular weight is 427 g/mol. The lowest BCUT2D eigenvalue weighted by atomic mass is 10.1. The molecular formula is C20H16ClFN6O2. The minimum Gasteiger partial charge on any atom is -0.436 e. The van der Waals surface area contributed by atoms with Crippen LogP contribution in [0.5, 0.6) is 11.6 Å². The van der Waals surface area contributed by atoms with E-state index in [-0.39, 0.29) is 11.2 Å². The number of nitriles is 1. The highest BCUT2D eigenvalue weighted by molar-refractivity contribution is 6.28. The molecule has 3 aromatic rings. The topological polar surface area (TPSA) is 105 Å². The standard InChI is InChI=1S/C20H16ClFN6O2/c1-12-7-14(11-29-2)16(8-23)18(26-12)28-25-9-13-3-5-15(6-4-13)30-19-17(22)10-24-20(21)27-19/h3-7,9-10H,11H2,1-2H3,(H,26,28). The van der Waals surface area contributed by atoms with E-state index in [9.17, 15) is 9.65 Å². The van der Waals surface area contributed by atoms with Gasteiger partial charge in [-0.25, -0.2) is 9.97 Å². The molecule has 30 heavy (non-hydrogen) atoms. The molecule has 10 heteroatoms. The zero-order valence-electron chi connectivity index (χ0n) is 16.1. The van der Waals surface area contributed by atoms with Gasteiger partial charge in [-0.3, -0.25) is 5.43 Å². The molecule has 0 radical (unpaired) electrons. The van der Waals surface area contributed by atoms with E-state index in [0.29, 0.717) is 23.7 Å². The molecule has 2 aromatic heterocycles. The van der Waals surface area contributed by atoms with E-state index in [0.717, 1.165) is 23.0 Å². The van der Waals surface area contributed by atoms with Gasteiger partial charge in [0.1, 0.15) is 17.4 Å². The largest absolute Gasteiger partial charge is 0.436 e. The highest BCUT2D eigenvalue weighted by Crippen LogP contribution is 2.23. The second-order valence-corrected chi connectivity index (χ2v) is 6.36. The van der Waals surface area contributed by atoms with Gasteiger partial charge < -0.3 is 9.47 Å². The third kappa shape index (κ3) is 5.26. The number of anilines is 1. The number of aryl methyl sites for hydroxylation is 1. The Morgan fingerprint density at radius 2 is 2.07 bits per heavy atom. The number of hydrogen-bond donors (Lipinski definition) is 1. The van der Waals surface area contributed by atoms with Crippen molar-refractivity contribution in [2.45, 2.75) is 13.5 Å². The first-order chi connectivity index (χ1) is 14.5. The first kappa shape index (κ1) is 21.1. The van der Waals surface area contributed by atoms with Crippen LogP contribution in [0.25, 0.3) is 0 Å². The Morgan fingerprint density at radius 3 is 2.77 bits per heavy atom. The maximum Gasteiger partial charge on any atom is 0.260 e. The number of rotatable bonds is 7. The van der Waals surface area contributed by atoms with Crippen LogP contribution in [0.1, 0.15) is 22.4 Å². The van der Waals surface area contributed by atoms with Gasteiger partial charge in [0.25, 0.3) is 5.88 Å². The molecular weight excluding hydrogens is 411 g/mol. The van der Waals surface area contributed by atoms with E-state index in [1.807, 2.05) is 6.92 Å². The molecule has 0 aliphatic heterocycles. The maximum atomic E-state index is 13.7. The van der Waals surface area contributed by atoms with Gasteiger partial charge in [-0.1, -0.05) is 0 Å². The predicted octanol–water partition coefficient (Wildman–Crippen LogP) is 4.23. The Balaban J connectivity index is 1.70. The molecule has 0 atom stereocenters. The first-order valence-corrected chi connectivity index (χ1v) is 9.02. The molecule has 0 saturated heterocycles. The molecule has 0 spiro atoms. The van der Waals surface area contributed by atoms with Crippen molar-refractivity contribution in [1.82, 2.24) is 15.0 Å². The van der Waals surface area contributed by atoms with Gasteiger partial charge in [0.2, 0.25) is 11.1 Å². The predicted molar refractivity (Wildman–Crippen MR) is 109 cm³/mol. The molecule has 0 bridgehead atoms. The van der Waals surface area contributed by atoms with Crippen molar-refractivity contribution in [2.75, 3.05) is 12.5 Å². The number of ether oxygens (including phenoxy) is 2. The fourth-order valence-corrected chi connectivity index (χ4v) is 2.65. The summed E-state index contributed by atoms with van der Waals surface area (Å²) in [5, 5.41) is 13.4. The summed E-state index contributed by atoms with van der Waals surface area (Å²) in [4.78, 5) is 11.5. The summed E-state index contributed by atoms with van der Waals surface area (Å²) in [6.45, 7) is 2.12. The first-order valence-electron chi connectivity index (χ1n) is 8.64. The van der Waals surface area contributed by atoms with E-state index in [2.05, 4.69) is 31.5 Å². The maximum absolute atomic E-state index is 13.7. The van der Waals surface area contributed by atoms with E-state index in [4.69, 9.17) is 21.1 Å². The summed E-state index contributed by atoms with van der Waals surface area (Å²) < 4.78 is 24.2. The highest BCUT2D eigenvalue weighted by atomic mass is 35.5. The van der Waals surface area contributed by atoms with Crippen LogP contribution in [0.15, 0.2) is 41.6 Å². The number of halogens is 2. The third-order valence-electron chi connectivity index (χ3n) is 3.80. The minimum absolute atomic E-state index is 0.114. The minimum atomic E-state index is -0.721. The summed E-state index contributed by atoms with van der Waals surface area (Å²) in [7, 11) is 1.56. The molecule has 8 nitrogen and oxygen atoms in total. The van der Waals surface area contributed by atoms with Crippen LogP contribution >= 0.6 is 11.6 Å². The van der Waals surface area contributed by atoms with Crippen LogP contribution < -0.4 is 10.2 Å². The molecule has 2 heterocycles. The lowest BCUT2D eigenvalue weighted by Crippen LogP contribution is -2.03. The number of nitrogens with zero attached hydrogens (tertiary/aromatic N) is 5. The Bertz CT molecular complexity index is 1120. The summed E-state index contributed by atoms with van der Waals surface area (Å²) in [5.41, 5.74) is 5.35. The summed E-state index contributed by atoms with van der Waals surface area (Å²) in [6, 6.07) is 10.6. The average Bonchev–Trinajstić information content (AvgIpc) is 2.72. The van der Waals surface area contributed by atoms with Gasteiger partial charge in [0.05, 0.1) is 19.0 Å². The van der Waals surface area contributed by atoms with Crippen molar-refractivity contribution in [1.29, 1.82) is 5.26 Å². The molecule has 1 aromatic carbocycles. The van der Waals surface area contributed by atoms with Crippen molar-refractivity contribution < 1.29 is 13.9 Å². The van der Waals surface area contributed by atoms with Crippen molar-refractivity contribution in [2.24, 2.45) is 5.10 Å². The lowest BCUT2D eigenvalue weighted by Gasteiger charge is -2.09. The van der Waals surface area contributed by atoms with Gasteiger partial charge in [0.15, 0.2) is 5.82 Å². The fraction of sp³-hybridized carbons (Fsp3) is 0.150. The number of methoxy groups -OCH3 is 1. The molecule has 152 valence electrons. The Labute approximate surface area is 177 Å². The van der Waals surface area contributed by atoms with Crippen molar-refractivity contribution in [3.05, 3.63) is 70.0 Å². The van der Waals surface area contributed by atoms with Crippen molar-refractivity contribution in [3.63, 3.8) is 0 Å².